The van der Waals surface area contributed by atoms with Gasteiger partial charge in [0.05, 0.1) is 28.1 Å². The molecule has 2 aliphatic rings. The molecular formula is C21H20ClFN4O4S2. The lowest BCUT2D eigenvalue weighted by Gasteiger charge is -2.21. The van der Waals surface area contributed by atoms with Gasteiger partial charge in [-0.15, -0.1) is 0 Å². The fraction of sp³-hybridized carbons (Fsp3) is 0.429. The van der Waals surface area contributed by atoms with E-state index >= 15 is 0 Å². The number of carbonyl (C=O) groups excluding carboxylic acids is 2. The number of fused-ring (bicyclic) bond motifs is 1. The van der Waals surface area contributed by atoms with E-state index in [4.69, 9.17) is 11.6 Å². The molecule has 1 amide bonds. The number of halogens is 2. The minimum absolute atomic E-state index is 0.0191. The summed E-state index contributed by atoms with van der Waals surface area (Å²) in [5.41, 5.74) is 0.413. The maximum atomic E-state index is 13.4. The molecule has 12 heteroatoms. The molecule has 2 aliphatic carbocycles. The van der Waals surface area contributed by atoms with E-state index in [-0.39, 0.29) is 26.8 Å². The van der Waals surface area contributed by atoms with Gasteiger partial charge in [0, 0.05) is 23.3 Å². The molecule has 3 aromatic rings. The quantitative estimate of drug-likeness (QED) is 0.511. The predicted molar refractivity (Wildman–Crippen MR) is 122 cm³/mol. The van der Waals surface area contributed by atoms with Crippen molar-refractivity contribution < 1.29 is 22.4 Å². The highest BCUT2D eigenvalue weighted by molar-refractivity contribution is 7.92. The fourth-order valence-electron chi connectivity index (χ4n) is 4.35. The number of nitrogens with one attached hydrogen (secondary N) is 1. The van der Waals surface area contributed by atoms with E-state index in [1.807, 2.05) is 0 Å². The number of aromatic nitrogens is 3. The number of hydrogen-bond acceptors (Lipinski definition) is 7. The van der Waals surface area contributed by atoms with Crippen LogP contribution in [0.15, 0.2) is 29.4 Å². The molecule has 2 heterocycles. The highest BCUT2D eigenvalue weighted by Gasteiger charge is 2.39. The van der Waals surface area contributed by atoms with Crippen LogP contribution in [0, 0.1) is 11.0 Å². The summed E-state index contributed by atoms with van der Waals surface area (Å²) in [5.74, 6) is -0.345. The number of benzene rings is 1. The lowest BCUT2D eigenvalue weighted by molar-refractivity contribution is -0.120. The first-order valence-corrected chi connectivity index (χ1v) is 13.3. The summed E-state index contributed by atoms with van der Waals surface area (Å²) in [6.45, 7) is 0. The molecule has 0 bridgehead atoms. The lowest BCUT2D eigenvalue weighted by atomic mass is 9.97. The van der Waals surface area contributed by atoms with E-state index in [0.717, 1.165) is 6.20 Å². The third kappa shape index (κ3) is 4.41. The number of thiazole rings is 1. The average Bonchev–Trinajstić information content (AvgIpc) is 3.26. The van der Waals surface area contributed by atoms with Gasteiger partial charge in [-0.3, -0.25) is 14.3 Å². The van der Waals surface area contributed by atoms with Gasteiger partial charge in [-0.2, -0.15) is 9.49 Å². The molecule has 2 fully saturated rings. The summed E-state index contributed by atoms with van der Waals surface area (Å²) < 4.78 is 40.8. The fourth-order valence-corrected chi connectivity index (χ4v) is 7.04. The normalized spacial score (nSPS) is 19.8. The van der Waals surface area contributed by atoms with Crippen molar-refractivity contribution in [3.05, 3.63) is 34.7 Å². The molecule has 1 N–H and O–H groups in total. The van der Waals surface area contributed by atoms with Crippen molar-refractivity contribution >= 4 is 60.5 Å². The SMILES string of the molecule is O=C1CC[C@H](C[C@@H](C(=O)Nc2ncc(F)s2)n2ncc3c(S(=O)(=O)C4CC4)cc(Cl)cc32)C1. The first kappa shape index (κ1) is 22.4. The Bertz CT molecular complexity index is 1370. The van der Waals surface area contributed by atoms with Crippen molar-refractivity contribution in [1.29, 1.82) is 0 Å². The van der Waals surface area contributed by atoms with Crippen molar-refractivity contribution in [2.45, 2.75) is 54.7 Å². The zero-order valence-corrected chi connectivity index (χ0v) is 19.7. The Morgan fingerprint density at radius 1 is 1.30 bits per heavy atom. The van der Waals surface area contributed by atoms with Crippen LogP contribution in [0.5, 0.6) is 0 Å². The van der Waals surface area contributed by atoms with Crippen LogP contribution in [-0.2, 0) is 19.4 Å². The van der Waals surface area contributed by atoms with E-state index in [2.05, 4.69) is 15.4 Å². The van der Waals surface area contributed by atoms with Gasteiger partial charge in [0.15, 0.2) is 20.1 Å². The van der Waals surface area contributed by atoms with Crippen LogP contribution in [0.25, 0.3) is 10.9 Å². The number of hydrogen-bond donors (Lipinski definition) is 1. The molecule has 5 rings (SSSR count). The van der Waals surface area contributed by atoms with Gasteiger partial charge < -0.3 is 5.32 Å². The van der Waals surface area contributed by atoms with Gasteiger partial charge in [0.2, 0.25) is 0 Å². The summed E-state index contributed by atoms with van der Waals surface area (Å²) in [4.78, 5) is 29.0. The van der Waals surface area contributed by atoms with E-state index in [9.17, 15) is 22.4 Å². The van der Waals surface area contributed by atoms with E-state index in [1.165, 1.54) is 16.9 Å². The largest absolute Gasteiger partial charge is 0.300 e. The smallest absolute Gasteiger partial charge is 0.251 e. The van der Waals surface area contributed by atoms with Crippen molar-refractivity contribution in [3.63, 3.8) is 0 Å². The third-order valence-electron chi connectivity index (χ3n) is 6.12. The molecule has 33 heavy (non-hydrogen) atoms. The van der Waals surface area contributed by atoms with Crippen LogP contribution in [0.3, 0.4) is 0 Å². The Balaban J connectivity index is 1.56. The first-order valence-electron chi connectivity index (χ1n) is 10.6. The molecule has 8 nitrogen and oxygen atoms in total. The minimum Gasteiger partial charge on any atom is -0.300 e. The minimum atomic E-state index is -3.56. The molecule has 0 saturated heterocycles. The summed E-state index contributed by atoms with van der Waals surface area (Å²) >= 11 is 6.99. The van der Waals surface area contributed by atoms with Crippen LogP contribution < -0.4 is 5.32 Å². The monoisotopic (exact) mass is 510 g/mol. The lowest BCUT2D eigenvalue weighted by Crippen LogP contribution is -2.28. The third-order valence-corrected chi connectivity index (χ3v) is 9.34. The van der Waals surface area contributed by atoms with E-state index < -0.39 is 32.2 Å². The first-order chi connectivity index (χ1) is 15.7. The molecule has 0 radical (unpaired) electrons. The molecule has 0 unspecified atom stereocenters. The number of nitrogens with zero attached hydrogens (tertiary/aromatic N) is 3. The number of rotatable bonds is 7. The Hall–Kier alpha value is -2.37. The molecule has 2 saturated carbocycles. The van der Waals surface area contributed by atoms with Crippen LogP contribution in [0.1, 0.15) is 44.6 Å². The molecule has 1 aromatic carbocycles. The van der Waals surface area contributed by atoms with Crippen LogP contribution in [0.2, 0.25) is 5.02 Å². The van der Waals surface area contributed by atoms with Gasteiger partial charge in [-0.25, -0.2) is 13.4 Å². The zero-order chi connectivity index (χ0) is 23.3. The van der Waals surface area contributed by atoms with Crippen molar-refractivity contribution in [2.24, 2.45) is 5.92 Å². The van der Waals surface area contributed by atoms with Crippen molar-refractivity contribution in [2.75, 3.05) is 5.32 Å². The predicted octanol–water partition coefficient (Wildman–Crippen LogP) is 4.16. The molecular weight excluding hydrogens is 491 g/mol. The second-order valence-electron chi connectivity index (χ2n) is 8.53. The Labute approximate surface area is 198 Å². The number of anilines is 1. The molecule has 2 atom stereocenters. The van der Waals surface area contributed by atoms with E-state index in [0.29, 0.717) is 60.8 Å². The number of ketones is 1. The molecule has 0 spiro atoms. The Kier molecular flexibility index (Phi) is 5.74. The Morgan fingerprint density at radius 3 is 2.73 bits per heavy atom. The van der Waals surface area contributed by atoms with Gasteiger partial charge in [0.25, 0.3) is 5.91 Å². The van der Waals surface area contributed by atoms with Crippen LogP contribution in [0.4, 0.5) is 9.52 Å². The maximum absolute atomic E-state index is 13.4. The Morgan fingerprint density at radius 2 is 2.09 bits per heavy atom. The number of amides is 1. The highest BCUT2D eigenvalue weighted by Crippen LogP contribution is 2.39. The number of Topliss-reactive ketones (excluding diaryl/α,β-unsaturated/α-hetero) is 1. The molecule has 0 aliphatic heterocycles. The zero-order valence-electron chi connectivity index (χ0n) is 17.3. The van der Waals surface area contributed by atoms with Gasteiger partial charge in [-0.05, 0) is 43.7 Å². The number of carbonyl (C=O) groups is 2. The summed E-state index contributed by atoms with van der Waals surface area (Å²) in [6, 6.07) is 2.14. The standard InChI is InChI=1S/C21H20ClFN4O4S2/c22-12-7-16-15(18(8-12)33(30,31)14-3-4-14)9-25-27(16)17(6-11-1-2-13(28)5-11)20(29)26-21-24-10-19(23)32-21/h7-11,14,17H,1-6H2,(H,24,26,29)/t11-,17-/m0/s1. The van der Waals surface area contributed by atoms with Gasteiger partial charge in [0.1, 0.15) is 11.8 Å². The topological polar surface area (TPSA) is 111 Å². The average molecular weight is 511 g/mol. The van der Waals surface area contributed by atoms with Crippen LogP contribution in [-0.4, -0.2) is 40.1 Å². The van der Waals surface area contributed by atoms with Crippen molar-refractivity contribution in [1.82, 2.24) is 14.8 Å². The summed E-state index contributed by atoms with van der Waals surface area (Å²) in [7, 11) is -3.56. The van der Waals surface area contributed by atoms with Gasteiger partial charge in [-0.1, -0.05) is 22.9 Å². The van der Waals surface area contributed by atoms with Crippen molar-refractivity contribution in [3.8, 4) is 0 Å². The summed E-state index contributed by atoms with van der Waals surface area (Å²) in [6.07, 6.45) is 5.48. The molecule has 174 valence electrons. The second kappa shape index (κ2) is 8.44. The number of sulfone groups is 1. The van der Waals surface area contributed by atoms with E-state index in [1.54, 1.807) is 6.07 Å². The van der Waals surface area contributed by atoms with Gasteiger partial charge >= 0.3 is 0 Å². The molecule has 2 aromatic heterocycles. The summed E-state index contributed by atoms with van der Waals surface area (Å²) in [5, 5.41) is 6.76. The highest BCUT2D eigenvalue weighted by atomic mass is 35.5. The van der Waals surface area contributed by atoms with Crippen LogP contribution >= 0.6 is 22.9 Å². The second-order valence-corrected chi connectivity index (χ2v) is 12.1. The maximum Gasteiger partial charge on any atom is 0.251 e.